The van der Waals surface area contributed by atoms with E-state index in [2.05, 4.69) is 65.1 Å². The third-order valence-electron chi connectivity index (χ3n) is 4.00. The summed E-state index contributed by atoms with van der Waals surface area (Å²) in [6.07, 6.45) is 4.02. The molecule has 1 aliphatic heterocycles. The summed E-state index contributed by atoms with van der Waals surface area (Å²) in [4.78, 5) is 0. The van der Waals surface area contributed by atoms with Gasteiger partial charge in [0, 0.05) is 21.5 Å². The van der Waals surface area contributed by atoms with Gasteiger partial charge >= 0.3 is 0 Å². The van der Waals surface area contributed by atoms with Crippen molar-refractivity contribution in [2.24, 2.45) is 11.3 Å². The largest absolute Gasteiger partial charge is 0.156 e. The Balaban J connectivity index is 2.41. The van der Waals surface area contributed by atoms with E-state index in [0.29, 0.717) is 10.2 Å². The summed E-state index contributed by atoms with van der Waals surface area (Å²) in [6, 6.07) is 0. The molecule has 1 heterocycles. The van der Waals surface area contributed by atoms with Crippen LogP contribution in [0.4, 0.5) is 0 Å². The molecular weight excluding hydrogens is 244 g/mol. The molecular formula is C15H30S2. The first kappa shape index (κ1) is 15.8. The highest BCUT2D eigenvalue weighted by Crippen LogP contribution is 2.45. The van der Waals surface area contributed by atoms with Crippen molar-refractivity contribution in [3.8, 4) is 0 Å². The van der Waals surface area contributed by atoms with Crippen LogP contribution in [0.25, 0.3) is 0 Å². The van der Waals surface area contributed by atoms with Gasteiger partial charge in [0.25, 0.3) is 0 Å². The number of rotatable bonds is 8. The van der Waals surface area contributed by atoms with E-state index in [1.54, 1.807) is 0 Å². The number of thioether (sulfide) groups is 2. The van der Waals surface area contributed by atoms with E-state index < -0.39 is 0 Å². The minimum absolute atomic E-state index is 0.439. The van der Waals surface area contributed by atoms with Crippen LogP contribution in [0.1, 0.15) is 60.8 Å². The van der Waals surface area contributed by atoms with E-state index in [4.69, 9.17) is 0 Å². The van der Waals surface area contributed by atoms with Crippen molar-refractivity contribution < 1.29 is 0 Å². The summed E-state index contributed by atoms with van der Waals surface area (Å²) >= 11 is 4.31. The van der Waals surface area contributed by atoms with Crippen LogP contribution in [-0.4, -0.2) is 21.5 Å². The lowest BCUT2D eigenvalue weighted by Crippen LogP contribution is -2.31. The van der Waals surface area contributed by atoms with E-state index in [1.165, 1.54) is 30.8 Å². The molecule has 2 atom stereocenters. The molecule has 0 radical (unpaired) electrons. The van der Waals surface area contributed by atoms with Crippen LogP contribution in [0.15, 0.2) is 0 Å². The van der Waals surface area contributed by atoms with Gasteiger partial charge in [-0.1, -0.05) is 54.4 Å². The Kier molecular flexibility index (Phi) is 5.78. The standard InChI is InChI=1S/C15H30S2/c1-7-8-12(2)14(3,4)11-15(5,6)17-10-13-9-16-13/h12-13H,7-11H2,1-6H3. The van der Waals surface area contributed by atoms with E-state index in [9.17, 15) is 0 Å². The molecule has 0 N–H and O–H groups in total. The second-order valence-corrected chi connectivity index (χ2v) is 9.94. The van der Waals surface area contributed by atoms with Gasteiger partial charge in [0.1, 0.15) is 0 Å². The minimum Gasteiger partial charge on any atom is -0.156 e. The quantitative estimate of drug-likeness (QED) is 0.539. The Bertz CT molecular complexity index is 229. The van der Waals surface area contributed by atoms with E-state index in [-0.39, 0.29) is 0 Å². The number of hydrogen-bond donors (Lipinski definition) is 0. The lowest BCUT2D eigenvalue weighted by atomic mass is 9.72. The smallest absolute Gasteiger partial charge is 0.0229 e. The highest BCUT2D eigenvalue weighted by atomic mass is 32.2. The van der Waals surface area contributed by atoms with Crippen molar-refractivity contribution in [1.82, 2.24) is 0 Å². The van der Waals surface area contributed by atoms with Crippen LogP contribution in [0, 0.1) is 11.3 Å². The van der Waals surface area contributed by atoms with Crippen LogP contribution < -0.4 is 0 Å². The Labute approximate surface area is 117 Å². The lowest BCUT2D eigenvalue weighted by molar-refractivity contribution is 0.183. The average Bonchev–Trinajstić information content (AvgIpc) is 2.97. The van der Waals surface area contributed by atoms with Crippen LogP contribution in [0.2, 0.25) is 0 Å². The van der Waals surface area contributed by atoms with E-state index in [1.807, 2.05) is 0 Å². The molecule has 0 spiro atoms. The fourth-order valence-electron chi connectivity index (χ4n) is 2.63. The summed E-state index contributed by atoms with van der Waals surface area (Å²) in [6.45, 7) is 14.5. The van der Waals surface area contributed by atoms with Gasteiger partial charge in [-0.2, -0.15) is 23.5 Å². The third kappa shape index (κ3) is 5.92. The first-order valence-electron chi connectivity index (χ1n) is 7.02. The zero-order valence-electron chi connectivity index (χ0n) is 12.5. The Morgan fingerprint density at radius 1 is 1.29 bits per heavy atom. The molecule has 0 aromatic carbocycles. The second kappa shape index (κ2) is 6.23. The van der Waals surface area contributed by atoms with Crippen molar-refractivity contribution in [1.29, 1.82) is 0 Å². The summed E-state index contributed by atoms with van der Waals surface area (Å²) in [5.41, 5.74) is 0.475. The van der Waals surface area contributed by atoms with Gasteiger partial charge in [-0.3, -0.25) is 0 Å². The highest BCUT2D eigenvalue weighted by Gasteiger charge is 2.34. The molecule has 0 bridgehead atoms. The summed E-state index contributed by atoms with van der Waals surface area (Å²) < 4.78 is 0.439. The topological polar surface area (TPSA) is 0 Å². The Hall–Kier alpha value is 0.700. The zero-order valence-corrected chi connectivity index (χ0v) is 14.1. The molecule has 0 aromatic rings. The van der Waals surface area contributed by atoms with Crippen molar-refractivity contribution in [2.45, 2.75) is 70.8 Å². The Morgan fingerprint density at radius 2 is 1.88 bits per heavy atom. The molecule has 2 heteroatoms. The molecule has 2 unspecified atom stereocenters. The lowest BCUT2D eigenvalue weighted by Gasteiger charge is -2.39. The molecule has 0 saturated carbocycles. The zero-order chi connectivity index (χ0) is 13.1. The van der Waals surface area contributed by atoms with Gasteiger partial charge in [-0.15, -0.1) is 0 Å². The van der Waals surface area contributed by atoms with Gasteiger partial charge in [0.15, 0.2) is 0 Å². The summed E-state index contributed by atoms with van der Waals surface area (Å²) in [5.74, 6) is 3.59. The molecule has 1 aliphatic rings. The molecule has 1 fully saturated rings. The van der Waals surface area contributed by atoms with Crippen LogP contribution in [-0.2, 0) is 0 Å². The average molecular weight is 275 g/mol. The van der Waals surface area contributed by atoms with Gasteiger partial charge < -0.3 is 0 Å². The van der Waals surface area contributed by atoms with Gasteiger partial charge in [0.05, 0.1) is 0 Å². The Morgan fingerprint density at radius 3 is 2.35 bits per heavy atom. The van der Waals surface area contributed by atoms with Crippen LogP contribution in [0.5, 0.6) is 0 Å². The van der Waals surface area contributed by atoms with E-state index >= 15 is 0 Å². The van der Waals surface area contributed by atoms with Crippen molar-refractivity contribution in [3.63, 3.8) is 0 Å². The fourth-order valence-corrected chi connectivity index (χ4v) is 4.85. The third-order valence-corrected chi connectivity index (χ3v) is 6.68. The molecule has 0 aliphatic carbocycles. The van der Waals surface area contributed by atoms with Gasteiger partial charge in [0.2, 0.25) is 0 Å². The van der Waals surface area contributed by atoms with Crippen molar-refractivity contribution >= 4 is 23.5 Å². The molecule has 17 heavy (non-hydrogen) atoms. The molecule has 0 aromatic heterocycles. The SMILES string of the molecule is CCCC(C)C(C)(C)CC(C)(C)SCC1CS1. The summed E-state index contributed by atoms with van der Waals surface area (Å²) in [5, 5.41) is 0.968. The molecule has 0 amide bonds. The monoisotopic (exact) mass is 274 g/mol. The maximum atomic E-state index is 2.46. The normalized spacial score (nSPS) is 22.6. The first-order chi connectivity index (χ1) is 7.77. The van der Waals surface area contributed by atoms with Crippen LogP contribution in [0.3, 0.4) is 0 Å². The fraction of sp³-hybridized carbons (Fsp3) is 1.00. The highest BCUT2D eigenvalue weighted by molar-refractivity contribution is 8.09. The molecule has 102 valence electrons. The van der Waals surface area contributed by atoms with Crippen molar-refractivity contribution in [2.75, 3.05) is 11.5 Å². The predicted molar refractivity (Wildman–Crippen MR) is 85.3 cm³/mol. The van der Waals surface area contributed by atoms with Crippen molar-refractivity contribution in [3.05, 3.63) is 0 Å². The summed E-state index contributed by atoms with van der Waals surface area (Å²) in [7, 11) is 0. The van der Waals surface area contributed by atoms with Gasteiger partial charge in [-0.05, 0) is 17.8 Å². The molecule has 0 nitrogen and oxygen atoms in total. The second-order valence-electron chi connectivity index (χ2n) is 6.88. The van der Waals surface area contributed by atoms with Crippen LogP contribution >= 0.6 is 23.5 Å². The van der Waals surface area contributed by atoms with E-state index in [0.717, 1.165) is 11.2 Å². The first-order valence-corrected chi connectivity index (χ1v) is 9.06. The predicted octanol–water partition coefficient (Wildman–Crippen LogP) is 5.47. The maximum Gasteiger partial charge on any atom is 0.0229 e. The minimum atomic E-state index is 0.439. The van der Waals surface area contributed by atoms with Gasteiger partial charge in [-0.25, -0.2) is 0 Å². The maximum absolute atomic E-state index is 2.46. The molecule has 1 rings (SSSR count). The number of hydrogen-bond acceptors (Lipinski definition) is 2. The molecule has 1 saturated heterocycles.